The minimum atomic E-state index is 0.179. The first kappa shape index (κ1) is 15.4. The average molecular weight is 329 g/mol. The molecule has 0 bridgehead atoms. The van der Waals surface area contributed by atoms with Crippen molar-refractivity contribution in [3.63, 3.8) is 0 Å². The van der Waals surface area contributed by atoms with Crippen LogP contribution in [0.4, 0.5) is 0 Å². The number of pyridine rings is 2. The summed E-state index contributed by atoms with van der Waals surface area (Å²) in [6.07, 6.45) is 7.73. The lowest BCUT2D eigenvalue weighted by molar-refractivity contribution is 0.242. The molecule has 0 unspecified atom stereocenters. The van der Waals surface area contributed by atoms with Crippen LogP contribution in [0.25, 0.3) is 28.0 Å². The van der Waals surface area contributed by atoms with Crippen LogP contribution < -0.4 is 4.74 Å². The maximum absolute atomic E-state index is 5.71. The molecule has 4 aromatic rings. The van der Waals surface area contributed by atoms with Gasteiger partial charge in [0.2, 0.25) is 0 Å². The Morgan fingerprint density at radius 1 is 0.880 bits per heavy atom. The molecule has 0 aliphatic rings. The summed E-state index contributed by atoms with van der Waals surface area (Å²) in [6.45, 7) is 4.06. The molecule has 0 aliphatic heterocycles. The normalized spacial score (nSPS) is 11.2. The third-order valence-electron chi connectivity index (χ3n) is 4.05. The molecule has 0 saturated heterocycles. The summed E-state index contributed by atoms with van der Waals surface area (Å²) in [5.74, 6) is 0.889. The fourth-order valence-electron chi connectivity index (χ4n) is 2.89. The highest BCUT2D eigenvalue weighted by molar-refractivity contribution is 5.71. The maximum atomic E-state index is 5.71. The van der Waals surface area contributed by atoms with Gasteiger partial charge in [-0.1, -0.05) is 12.1 Å². The van der Waals surface area contributed by atoms with E-state index in [4.69, 9.17) is 4.74 Å². The van der Waals surface area contributed by atoms with Crippen molar-refractivity contribution in [2.75, 3.05) is 0 Å². The summed E-state index contributed by atoms with van der Waals surface area (Å²) in [6, 6.07) is 16.4. The number of ether oxygens (including phenoxy) is 1. The number of imidazole rings is 1. The predicted molar refractivity (Wildman–Crippen MR) is 99.6 cm³/mol. The van der Waals surface area contributed by atoms with Gasteiger partial charge in [0.05, 0.1) is 18.0 Å². The zero-order valence-corrected chi connectivity index (χ0v) is 14.3. The quantitative estimate of drug-likeness (QED) is 0.537. The van der Waals surface area contributed by atoms with Gasteiger partial charge in [0.1, 0.15) is 11.4 Å². The molecule has 4 nitrogen and oxygen atoms in total. The molecule has 4 rings (SSSR count). The number of benzene rings is 1. The van der Waals surface area contributed by atoms with E-state index in [0.29, 0.717) is 0 Å². The molecule has 0 atom stereocenters. The van der Waals surface area contributed by atoms with Gasteiger partial charge in [0, 0.05) is 24.2 Å². The molecule has 25 heavy (non-hydrogen) atoms. The number of fused-ring (bicyclic) bond motifs is 1. The fourth-order valence-corrected chi connectivity index (χ4v) is 2.89. The smallest absolute Gasteiger partial charge is 0.137 e. The number of hydrogen-bond donors (Lipinski definition) is 0. The largest absolute Gasteiger partial charge is 0.491 e. The molecular formula is C21H19N3O. The van der Waals surface area contributed by atoms with E-state index in [-0.39, 0.29) is 6.10 Å². The van der Waals surface area contributed by atoms with Crippen molar-refractivity contribution in [3.05, 3.63) is 73.3 Å². The molecule has 0 N–H and O–H groups in total. The summed E-state index contributed by atoms with van der Waals surface area (Å²) >= 11 is 0. The second-order valence-electron chi connectivity index (χ2n) is 6.21. The van der Waals surface area contributed by atoms with E-state index < -0.39 is 0 Å². The Labute approximate surface area is 146 Å². The van der Waals surface area contributed by atoms with E-state index in [1.54, 1.807) is 12.4 Å². The molecule has 0 aliphatic carbocycles. The van der Waals surface area contributed by atoms with Gasteiger partial charge in [-0.25, -0.2) is 4.98 Å². The Kier molecular flexibility index (Phi) is 3.94. The molecule has 124 valence electrons. The molecule has 3 heterocycles. The SMILES string of the molecule is CC(C)Oc1ccc(-c2ccn3c(-c4ccncc4)cnc3c2)cc1. The molecular weight excluding hydrogens is 310 g/mol. The minimum Gasteiger partial charge on any atom is -0.491 e. The van der Waals surface area contributed by atoms with Crippen LogP contribution in [0.2, 0.25) is 0 Å². The van der Waals surface area contributed by atoms with Crippen molar-refractivity contribution in [3.8, 4) is 28.1 Å². The first-order valence-corrected chi connectivity index (χ1v) is 8.35. The van der Waals surface area contributed by atoms with Crippen molar-refractivity contribution in [2.45, 2.75) is 20.0 Å². The highest BCUT2D eigenvalue weighted by Gasteiger charge is 2.07. The van der Waals surface area contributed by atoms with Gasteiger partial charge < -0.3 is 4.74 Å². The lowest BCUT2D eigenvalue weighted by atomic mass is 10.1. The molecule has 3 aromatic heterocycles. The average Bonchev–Trinajstić information content (AvgIpc) is 3.06. The molecule has 0 saturated carbocycles. The minimum absolute atomic E-state index is 0.179. The Morgan fingerprint density at radius 3 is 2.36 bits per heavy atom. The first-order chi connectivity index (χ1) is 12.2. The molecule has 0 amide bonds. The van der Waals surface area contributed by atoms with E-state index in [2.05, 4.69) is 44.8 Å². The first-order valence-electron chi connectivity index (χ1n) is 8.35. The second-order valence-corrected chi connectivity index (χ2v) is 6.21. The molecule has 0 radical (unpaired) electrons. The van der Waals surface area contributed by atoms with Crippen LogP contribution in [0.5, 0.6) is 5.75 Å². The fraction of sp³-hybridized carbons (Fsp3) is 0.143. The lowest BCUT2D eigenvalue weighted by Crippen LogP contribution is -2.05. The number of nitrogens with zero attached hydrogens (tertiary/aromatic N) is 3. The summed E-state index contributed by atoms with van der Waals surface area (Å²) in [4.78, 5) is 8.63. The van der Waals surface area contributed by atoms with Gasteiger partial charge in [-0.05, 0) is 61.4 Å². The van der Waals surface area contributed by atoms with E-state index >= 15 is 0 Å². The van der Waals surface area contributed by atoms with Gasteiger partial charge >= 0.3 is 0 Å². The van der Waals surface area contributed by atoms with Gasteiger partial charge in [-0.15, -0.1) is 0 Å². The third-order valence-corrected chi connectivity index (χ3v) is 4.05. The topological polar surface area (TPSA) is 39.4 Å². The molecule has 0 fully saturated rings. The second kappa shape index (κ2) is 6.40. The summed E-state index contributed by atoms with van der Waals surface area (Å²) in [7, 11) is 0. The van der Waals surface area contributed by atoms with Crippen LogP contribution in [0.3, 0.4) is 0 Å². The van der Waals surface area contributed by atoms with Crippen molar-refractivity contribution >= 4 is 5.65 Å². The Morgan fingerprint density at radius 2 is 1.64 bits per heavy atom. The highest BCUT2D eigenvalue weighted by atomic mass is 16.5. The van der Waals surface area contributed by atoms with Crippen LogP contribution >= 0.6 is 0 Å². The van der Waals surface area contributed by atoms with Crippen molar-refractivity contribution in [1.29, 1.82) is 0 Å². The van der Waals surface area contributed by atoms with Crippen LogP contribution in [0, 0.1) is 0 Å². The summed E-state index contributed by atoms with van der Waals surface area (Å²) in [5.41, 5.74) is 5.37. The van der Waals surface area contributed by atoms with E-state index in [1.165, 1.54) is 0 Å². The number of hydrogen-bond acceptors (Lipinski definition) is 3. The lowest BCUT2D eigenvalue weighted by Gasteiger charge is -2.10. The molecule has 4 heteroatoms. The summed E-state index contributed by atoms with van der Waals surface area (Å²) < 4.78 is 7.80. The monoisotopic (exact) mass is 329 g/mol. The molecule has 0 spiro atoms. The van der Waals surface area contributed by atoms with Crippen molar-refractivity contribution in [1.82, 2.24) is 14.4 Å². The van der Waals surface area contributed by atoms with Crippen molar-refractivity contribution in [2.24, 2.45) is 0 Å². The van der Waals surface area contributed by atoms with Crippen LogP contribution in [-0.4, -0.2) is 20.5 Å². The zero-order valence-electron chi connectivity index (χ0n) is 14.3. The predicted octanol–water partition coefficient (Wildman–Crippen LogP) is 4.85. The van der Waals surface area contributed by atoms with Gasteiger partial charge in [0.15, 0.2) is 0 Å². The van der Waals surface area contributed by atoms with Crippen LogP contribution in [-0.2, 0) is 0 Å². The van der Waals surface area contributed by atoms with E-state index in [9.17, 15) is 0 Å². The van der Waals surface area contributed by atoms with Crippen LogP contribution in [0.15, 0.2) is 73.3 Å². The Balaban J connectivity index is 1.68. The van der Waals surface area contributed by atoms with E-state index in [1.807, 2.05) is 44.3 Å². The maximum Gasteiger partial charge on any atom is 0.137 e. The number of aromatic nitrogens is 3. The standard InChI is InChI=1S/C21H19N3O/c1-15(2)25-19-5-3-16(4-6-19)18-9-12-24-20(14-23-21(24)13-18)17-7-10-22-11-8-17/h3-15H,1-2H3. The summed E-state index contributed by atoms with van der Waals surface area (Å²) in [5, 5.41) is 0. The Hall–Kier alpha value is -3.14. The van der Waals surface area contributed by atoms with E-state index in [0.717, 1.165) is 33.8 Å². The van der Waals surface area contributed by atoms with Crippen molar-refractivity contribution < 1.29 is 4.74 Å². The van der Waals surface area contributed by atoms with Gasteiger partial charge in [-0.2, -0.15) is 0 Å². The third kappa shape index (κ3) is 3.11. The zero-order chi connectivity index (χ0) is 17.2. The van der Waals surface area contributed by atoms with Crippen LogP contribution in [0.1, 0.15) is 13.8 Å². The Bertz CT molecular complexity index is 989. The molecule has 1 aromatic carbocycles. The van der Waals surface area contributed by atoms with Gasteiger partial charge in [-0.3, -0.25) is 9.38 Å². The number of rotatable bonds is 4. The van der Waals surface area contributed by atoms with Gasteiger partial charge in [0.25, 0.3) is 0 Å². The highest BCUT2D eigenvalue weighted by Crippen LogP contribution is 2.26.